The molecular weight excluding hydrogens is 259 g/mol. The number of rotatable bonds is 5. The standard InChI is InChI=1S/C7H14IO3/c1-3-5-8-11-7(9)10-6-4-2/h3-6H2,1-2H3/q-1. The number of halogens is 1. The zero-order valence-electron chi connectivity index (χ0n) is 6.93. The molecule has 0 rings (SSSR count). The van der Waals surface area contributed by atoms with Crippen LogP contribution in [0.3, 0.4) is 0 Å². The second-order valence-electron chi connectivity index (χ2n) is 1.97. The fourth-order valence-corrected chi connectivity index (χ4v) is 1.41. The van der Waals surface area contributed by atoms with Gasteiger partial charge in [-0.2, -0.15) is 0 Å². The number of carbonyl (C=O) groups excluding carboxylic acids is 1. The number of ether oxygens (including phenoxy) is 1. The van der Waals surface area contributed by atoms with Gasteiger partial charge in [-0.15, -0.1) is 0 Å². The second-order valence-corrected chi connectivity index (χ2v) is 4.12. The van der Waals surface area contributed by atoms with E-state index in [0.29, 0.717) is 6.61 Å². The summed E-state index contributed by atoms with van der Waals surface area (Å²) in [5.74, 6) is 0. The van der Waals surface area contributed by atoms with Gasteiger partial charge in [0.1, 0.15) is 0 Å². The van der Waals surface area contributed by atoms with Gasteiger partial charge in [-0.05, 0) is 0 Å². The van der Waals surface area contributed by atoms with Crippen molar-refractivity contribution in [1.29, 1.82) is 0 Å². The third-order valence-corrected chi connectivity index (χ3v) is 3.00. The van der Waals surface area contributed by atoms with Gasteiger partial charge in [0, 0.05) is 0 Å². The van der Waals surface area contributed by atoms with E-state index in [2.05, 4.69) is 6.92 Å². The van der Waals surface area contributed by atoms with Gasteiger partial charge in [0.25, 0.3) is 0 Å². The average molecular weight is 273 g/mol. The first kappa shape index (κ1) is 11.0. The first-order valence-corrected chi connectivity index (χ1v) is 6.14. The molecule has 0 saturated carbocycles. The summed E-state index contributed by atoms with van der Waals surface area (Å²) < 4.78 is 10.6. The van der Waals surface area contributed by atoms with Gasteiger partial charge in [-0.1, -0.05) is 0 Å². The van der Waals surface area contributed by atoms with E-state index in [1.165, 1.54) is 0 Å². The van der Waals surface area contributed by atoms with Crippen molar-refractivity contribution in [3.63, 3.8) is 0 Å². The minimum absolute atomic E-state index is 0.408. The van der Waals surface area contributed by atoms with Crippen LogP contribution >= 0.6 is 0 Å². The zero-order valence-corrected chi connectivity index (χ0v) is 9.09. The Labute approximate surface area is 78.3 Å². The number of hydrogen-bond acceptors (Lipinski definition) is 3. The van der Waals surface area contributed by atoms with Gasteiger partial charge in [-0.3, -0.25) is 0 Å². The quantitative estimate of drug-likeness (QED) is 0.278. The molecule has 0 unspecified atom stereocenters. The van der Waals surface area contributed by atoms with E-state index < -0.39 is 27.8 Å². The predicted octanol–water partition coefficient (Wildman–Crippen LogP) is -1.04. The van der Waals surface area contributed by atoms with Crippen LogP contribution in [0.15, 0.2) is 0 Å². The van der Waals surface area contributed by atoms with E-state index in [-0.39, 0.29) is 0 Å². The van der Waals surface area contributed by atoms with Gasteiger partial charge in [-0.25, -0.2) is 0 Å². The Kier molecular flexibility index (Phi) is 8.10. The van der Waals surface area contributed by atoms with Crippen LogP contribution in [0, 0.1) is 0 Å². The molecule has 0 amide bonds. The van der Waals surface area contributed by atoms with E-state index in [4.69, 9.17) is 7.80 Å². The van der Waals surface area contributed by atoms with Crippen LogP contribution in [0.5, 0.6) is 0 Å². The molecule has 0 aliphatic carbocycles. The molecule has 0 heterocycles. The normalized spacial score (nSPS) is 9.64. The molecule has 0 aliphatic rings. The first-order chi connectivity index (χ1) is 5.31. The van der Waals surface area contributed by atoms with Crippen LogP contribution in [0.25, 0.3) is 0 Å². The molecule has 0 saturated heterocycles. The van der Waals surface area contributed by atoms with Gasteiger partial charge in [0.15, 0.2) is 0 Å². The molecule has 0 radical (unpaired) electrons. The van der Waals surface area contributed by atoms with Gasteiger partial charge in [0.2, 0.25) is 0 Å². The molecule has 0 fully saturated rings. The Hall–Kier alpha value is 0. The Morgan fingerprint density at radius 2 is 2.09 bits per heavy atom. The van der Waals surface area contributed by atoms with Crippen LogP contribution < -0.4 is 21.6 Å². The van der Waals surface area contributed by atoms with Crippen molar-refractivity contribution in [2.45, 2.75) is 26.7 Å². The first-order valence-electron chi connectivity index (χ1n) is 3.74. The van der Waals surface area contributed by atoms with Crippen molar-refractivity contribution in [3.8, 4) is 0 Å². The summed E-state index contributed by atoms with van der Waals surface area (Å²) in [5.41, 5.74) is 0. The summed E-state index contributed by atoms with van der Waals surface area (Å²) in [6.07, 6.45) is 1.43. The molecule has 0 bridgehead atoms. The maximum atomic E-state index is 10.7. The molecule has 3 nitrogen and oxygen atoms in total. The fraction of sp³-hybridized carbons (Fsp3) is 0.857. The van der Waals surface area contributed by atoms with Crippen LogP contribution in [-0.4, -0.2) is 17.2 Å². The minimum atomic E-state index is -0.492. The third kappa shape index (κ3) is 7.90. The van der Waals surface area contributed by atoms with Gasteiger partial charge < -0.3 is 0 Å². The number of hydrogen-bond donors (Lipinski definition) is 0. The van der Waals surface area contributed by atoms with E-state index in [1.807, 2.05) is 6.92 Å². The molecule has 0 aliphatic heterocycles. The molecule has 4 heteroatoms. The Balaban J connectivity index is 3.09. The number of carbonyl (C=O) groups is 1. The molecule has 0 N–H and O–H groups in total. The summed E-state index contributed by atoms with van der Waals surface area (Å²) >= 11 is -0.408. The van der Waals surface area contributed by atoms with Crippen molar-refractivity contribution >= 4 is 6.16 Å². The Bertz CT molecular complexity index is 106. The van der Waals surface area contributed by atoms with Crippen LogP contribution in [0.2, 0.25) is 0 Å². The fourth-order valence-electron chi connectivity index (χ4n) is 0.368. The van der Waals surface area contributed by atoms with Crippen LogP contribution in [-0.2, 0) is 7.80 Å². The molecule has 0 aromatic carbocycles. The van der Waals surface area contributed by atoms with E-state index in [0.717, 1.165) is 17.3 Å². The van der Waals surface area contributed by atoms with Crippen molar-refractivity contribution in [3.05, 3.63) is 0 Å². The molecule has 68 valence electrons. The van der Waals surface area contributed by atoms with Crippen molar-refractivity contribution in [2.75, 3.05) is 11.0 Å². The molecular formula is C7H14IO3-. The summed E-state index contributed by atoms with van der Waals surface area (Å²) in [6, 6.07) is 0. The molecule has 0 atom stereocenters. The topological polar surface area (TPSA) is 35.5 Å². The third-order valence-electron chi connectivity index (χ3n) is 0.808. The monoisotopic (exact) mass is 273 g/mol. The van der Waals surface area contributed by atoms with E-state index in [9.17, 15) is 4.79 Å². The van der Waals surface area contributed by atoms with Crippen molar-refractivity contribution in [1.82, 2.24) is 0 Å². The maximum absolute atomic E-state index is 10.7. The van der Waals surface area contributed by atoms with Crippen LogP contribution in [0.1, 0.15) is 26.7 Å². The average Bonchev–Trinajstić information content (AvgIpc) is 2.01. The van der Waals surface area contributed by atoms with Crippen molar-refractivity contribution in [2.24, 2.45) is 0 Å². The molecule has 0 aromatic heterocycles. The van der Waals surface area contributed by atoms with E-state index >= 15 is 0 Å². The summed E-state index contributed by atoms with van der Waals surface area (Å²) in [7, 11) is 0. The summed E-state index contributed by atoms with van der Waals surface area (Å²) in [5, 5.41) is 0. The predicted molar refractivity (Wildman–Crippen MR) is 37.9 cm³/mol. The van der Waals surface area contributed by atoms with Gasteiger partial charge >= 0.3 is 78.1 Å². The van der Waals surface area contributed by atoms with E-state index in [1.54, 1.807) is 0 Å². The summed E-state index contributed by atoms with van der Waals surface area (Å²) in [6.45, 7) is 4.49. The zero-order chi connectivity index (χ0) is 8.53. The van der Waals surface area contributed by atoms with Crippen LogP contribution in [0.4, 0.5) is 4.79 Å². The molecule has 0 aromatic rings. The SMILES string of the molecule is CCCOC(=O)O[I-]CCC. The van der Waals surface area contributed by atoms with Gasteiger partial charge in [0.05, 0.1) is 0 Å². The second kappa shape index (κ2) is 8.10. The molecule has 0 spiro atoms. The number of alkyl halides is 1. The Morgan fingerprint density at radius 1 is 1.36 bits per heavy atom. The Morgan fingerprint density at radius 3 is 2.64 bits per heavy atom. The summed E-state index contributed by atoms with van der Waals surface area (Å²) in [4.78, 5) is 10.7. The molecule has 11 heavy (non-hydrogen) atoms. The van der Waals surface area contributed by atoms with Crippen molar-refractivity contribution < 1.29 is 34.2 Å².